The average molecular weight is 249 g/mol. The van der Waals surface area contributed by atoms with E-state index in [0.717, 1.165) is 31.6 Å². The topological polar surface area (TPSA) is 72.4 Å². The van der Waals surface area contributed by atoms with Crippen LogP contribution in [-0.4, -0.2) is 24.1 Å². The molecule has 0 aromatic heterocycles. The molecule has 18 heavy (non-hydrogen) atoms. The number of hydrogen-bond donors (Lipinski definition) is 1. The summed E-state index contributed by atoms with van der Waals surface area (Å²) in [6.45, 7) is 4.01. The lowest BCUT2D eigenvalue weighted by Crippen LogP contribution is -2.39. The van der Waals surface area contributed by atoms with Crippen molar-refractivity contribution in [1.29, 1.82) is 0 Å². The number of rotatable bonds is 3. The van der Waals surface area contributed by atoms with E-state index in [1.54, 1.807) is 12.1 Å². The molecule has 0 spiro atoms. The minimum absolute atomic E-state index is 0.143. The second-order valence-corrected chi connectivity index (χ2v) is 4.96. The smallest absolute Gasteiger partial charge is 0.269 e. The summed E-state index contributed by atoms with van der Waals surface area (Å²) in [7, 11) is 0. The first-order chi connectivity index (χ1) is 8.58. The maximum atomic E-state index is 10.6. The Morgan fingerprint density at radius 2 is 1.89 bits per heavy atom. The van der Waals surface area contributed by atoms with Crippen molar-refractivity contribution in [2.75, 3.05) is 18.0 Å². The molecule has 98 valence electrons. The van der Waals surface area contributed by atoms with Crippen LogP contribution in [0.1, 0.15) is 19.8 Å². The predicted molar refractivity (Wildman–Crippen MR) is 71.7 cm³/mol. The molecular formula is C13H19N3O2. The van der Waals surface area contributed by atoms with Crippen molar-refractivity contribution in [2.24, 2.45) is 11.7 Å². The molecule has 1 heterocycles. The van der Waals surface area contributed by atoms with Gasteiger partial charge in [-0.05, 0) is 37.8 Å². The maximum Gasteiger partial charge on any atom is 0.269 e. The second kappa shape index (κ2) is 5.35. The molecule has 0 radical (unpaired) electrons. The van der Waals surface area contributed by atoms with Crippen LogP contribution in [0.15, 0.2) is 24.3 Å². The number of nitrogens with zero attached hydrogens (tertiary/aromatic N) is 2. The van der Waals surface area contributed by atoms with E-state index in [4.69, 9.17) is 5.73 Å². The van der Waals surface area contributed by atoms with Crippen molar-refractivity contribution in [3.8, 4) is 0 Å². The van der Waals surface area contributed by atoms with Crippen molar-refractivity contribution in [3.05, 3.63) is 34.4 Å². The van der Waals surface area contributed by atoms with Crippen LogP contribution in [0.2, 0.25) is 0 Å². The van der Waals surface area contributed by atoms with Crippen molar-refractivity contribution in [1.82, 2.24) is 0 Å². The van der Waals surface area contributed by atoms with Gasteiger partial charge in [-0.15, -0.1) is 0 Å². The Morgan fingerprint density at radius 1 is 1.33 bits per heavy atom. The van der Waals surface area contributed by atoms with E-state index in [0.29, 0.717) is 5.92 Å². The Bertz CT molecular complexity index is 409. The van der Waals surface area contributed by atoms with Gasteiger partial charge in [0.25, 0.3) is 5.69 Å². The van der Waals surface area contributed by atoms with E-state index in [1.807, 2.05) is 12.1 Å². The van der Waals surface area contributed by atoms with Gasteiger partial charge in [0.15, 0.2) is 0 Å². The molecule has 1 aromatic carbocycles. The van der Waals surface area contributed by atoms with E-state index in [9.17, 15) is 10.1 Å². The van der Waals surface area contributed by atoms with E-state index in [2.05, 4.69) is 11.8 Å². The summed E-state index contributed by atoms with van der Waals surface area (Å²) in [6, 6.07) is 7.03. The second-order valence-electron chi connectivity index (χ2n) is 4.96. The minimum atomic E-state index is -0.369. The Kier molecular flexibility index (Phi) is 3.81. The van der Waals surface area contributed by atoms with Gasteiger partial charge in [0.05, 0.1) is 4.92 Å². The summed E-state index contributed by atoms with van der Waals surface area (Å²) in [4.78, 5) is 12.5. The Labute approximate surface area is 107 Å². The minimum Gasteiger partial charge on any atom is -0.372 e. The van der Waals surface area contributed by atoms with Crippen molar-refractivity contribution < 1.29 is 4.92 Å². The fraction of sp³-hybridized carbons (Fsp3) is 0.538. The van der Waals surface area contributed by atoms with Gasteiger partial charge < -0.3 is 10.6 Å². The molecular weight excluding hydrogens is 230 g/mol. The van der Waals surface area contributed by atoms with Gasteiger partial charge >= 0.3 is 0 Å². The van der Waals surface area contributed by atoms with Gasteiger partial charge in [-0.3, -0.25) is 10.1 Å². The van der Waals surface area contributed by atoms with E-state index in [-0.39, 0.29) is 16.7 Å². The van der Waals surface area contributed by atoms with Crippen LogP contribution in [0.4, 0.5) is 11.4 Å². The van der Waals surface area contributed by atoms with E-state index < -0.39 is 0 Å². The Balaban J connectivity index is 1.99. The average Bonchev–Trinajstić information content (AvgIpc) is 2.39. The highest BCUT2D eigenvalue weighted by Gasteiger charge is 2.22. The first-order valence-electron chi connectivity index (χ1n) is 6.33. The quantitative estimate of drug-likeness (QED) is 0.658. The number of nitro groups is 1. The molecule has 1 aliphatic heterocycles. The lowest BCUT2D eigenvalue weighted by molar-refractivity contribution is -0.384. The normalized spacial score (nSPS) is 18.7. The highest BCUT2D eigenvalue weighted by atomic mass is 16.6. The third kappa shape index (κ3) is 2.79. The summed E-state index contributed by atoms with van der Waals surface area (Å²) < 4.78 is 0. The monoisotopic (exact) mass is 249 g/mol. The standard InChI is InChI=1S/C13H19N3O2/c1-10(14)11-6-8-15(9-7-11)12-2-4-13(5-3-12)16(17)18/h2-5,10-11H,6-9,14H2,1H3. The van der Waals surface area contributed by atoms with Crippen LogP contribution < -0.4 is 10.6 Å². The molecule has 1 atom stereocenters. The molecule has 5 heteroatoms. The predicted octanol–water partition coefficient (Wildman–Crippen LogP) is 2.16. The summed E-state index contributed by atoms with van der Waals surface area (Å²) in [5.41, 5.74) is 7.11. The summed E-state index contributed by atoms with van der Waals surface area (Å²) in [5.74, 6) is 0.597. The van der Waals surface area contributed by atoms with Crippen LogP contribution in [0.25, 0.3) is 0 Å². The van der Waals surface area contributed by atoms with Crippen molar-refractivity contribution >= 4 is 11.4 Å². The highest BCUT2D eigenvalue weighted by molar-refractivity contribution is 5.51. The molecule has 1 fully saturated rings. The lowest BCUT2D eigenvalue weighted by atomic mass is 9.91. The molecule has 1 saturated heterocycles. The number of hydrogen-bond acceptors (Lipinski definition) is 4. The molecule has 2 N–H and O–H groups in total. The number of nitrogens with two attached hydrogens (primary N) is 1. The van der Waals surface area contributed by atoms with Crippen LogP contribution in [-0.2, 0) is 0 Å². The third-order valence-corrected chi connectivity index (χ3v) is 3.71. The summed E-state index contributed by atoms with van der Waals surface area (Å²) in [5, 5.41) is 10.6. The molecule has 1 aromatic rings. The van der Waals surface area contributed by atoms with Crippen LogP contribution in [0.3, 0.4) is 0 Å². The maximum absolute atomic E-state index is 10.6. The first-order valence-corrected chi connectivity index (χ1v) is 6.33. The molecule has 0 bridgehead atoms. The first kappa shape index (κ1) is 12.8. The summed E-state index contributed by atoms with van der Waals surface area (Å²) in [6.07, 6.45) is 2.18. The van der Waals surface area contributed by atoms with Crippen molar-refractivity contribution in [2.45, 2.75) is 25.8 Å². The van der Waals surface area contributed by atoms with E-state index in [1.165, 1.54) is 0 Å². The molecule has 1 unspecified atom stereocenters. The van der Waals surface area contributed by atoms with Gasteiger partial charge in [-0.1, -0.05) is 0 Å². The Morgan fingerprint density at radius 3 is 2.33 bits per heavy atom. The fourth-order valence-electron chi connectivity index (χ4n) is 2.47. The SMILES string of the molecule is CC(N)C1CCN(c2ccc([N+](=O)[O-])cc2)CC1. The zero-order valence-electron chi connectivity index (χ0n) is 10.6. The molecule has 0 amide bonds. The van der Waals surface area contributed by atoms with Crippen LogP contribution in [0, 0.1) is 16.0 Å². The zero-order valence-corrected chi connectivity index (χ0v) is 10.6. The van der Waals surface area contributed by atoms with Crippen LogP contribution in [0.5, 0.6) is 0 Å². The van der Waals surface area contributed by atoms with Gasteiger partial charge in [-0.2, -0.15) is 0 Å². The third-order valence-electron chi connectivity index (χ3n) is 3.71. The zero-order chi connectivity index (χ0) is 13.1. The number of benzene rings is 1. The Hall–Kier alpha value is -1.62. The van der Waals surface area contributed by atoms with Crippen molar-refractivity contribution in [3.63, 3.8) is 0 Å². The number of anilines is 1. The number of non-ortho nitro benzene ring substituents is 1. The lowest BCUT2D eigenvalue weighted by Gasteiger charge is -2.35. The van der Waals surface area contributed by atoms with E-state index >= 15 is 0 Å². The molecule has 2 rings (SSSR count). The number of piperidine rings is 1. The molecule has 0 aliphatic carbocycles. The largest absolute Gasteiger partial charge is 0.372 e. The number of nitro benzene ring substituents is 1. The van der Waals surface area contributed by atoms with Gasteiger partial charge in [-0.25, -0.2) is 0 Å². The van der Waals surface area contributed by atoms with Gasteiger partial charge in [0.2, 0.25) is 0 Å². The molecule has 5 nitrogen and oxygen atoms in total. The van der Waals surface area contributed by atoms with Gasteiger partial charge in [0.1, 0.15) is 0 Å². The van der Waals surface area contributed by atoms with Gasteiger partial charge in [0, 0.05) is 37.0 Å². The summed E-state index contributed by atoms with van der Waals surface area (Å²) >= 11 is 0. The molecule has 0 saturated carbocycles. The highest BCUT2D eigenvalue weighted by Crippen LogP contribution is 2.26. The van der Waals surface area contributed by atoms with Crippen LogP contribution >= 0.6 is 0 Å². The molecule has 1 aliphatic rings. The fourth-order valence-corrected chi connectivity index (χ4v) is 2.47.